The third-order valence-electron chi connectivity index (χ3n) is 2.25. The Hall–Kier alpha value is 0.01000. The van der Waals surface area contributed by atoms with Crippen molar-refractivity contribution in [2.24, 2.45) is 5.73 Å². The van der Waals surface area contributed by atoms with Crippen LogP contribution in [0.2, 0.25) is 15.1 Å². The standard InChI is InChI=1S/C11H15Cl3N2/c12-9-3-4-10(13)11(14)8(9)7-16-6-2-1-5-15/h3-4,16H,1-2,5-7,15H2. The summed E-state index contributed by atoms with van der Waals surface area (Å²) in [6.07, 6.45) is 2.07. The van der Waals surface area contributed by atoms with Gasteiger partial charge in [0.15, 0.2) is 0 Å². The summed E-state index contributed by atoms with van der Waals surface area (Å²) >= 11 is 18.0. The van der Waals surface area contributed by atoms with E-state index >= 15 is 0 Å². The van der Waals surface area contributed by atoms with Gasteiger partial charge in [0.25, 0.3) is 0 Å². The highest BCUT2D eigenvalue weighted by Gasteiger charge is 2.08. The van der Waals surface area contributed by atoms with Crippen LogP contribution >= 0.6 is 34.8 Å². The molecule has 0 aliphatic carbocycles. The van der Waals surface area contributed by atoms with E-state index in [1.807, 2.05) is 0 Å². The minimum absolute atomic E-state index is 0.528. The Labute approximate surface area is 111 Å². The van der Waals surface area contributed by atoms with Gasteiger partial charge in [0.05, 0.1) is 10.0 Å². The highest BCUT2D eigenvalue weighted by atomic mass is 35.5. The largest absolute Gasteiger partial charge is 0.330 e. The van der Waals surface area contributed by atoms with Gasteiger partial charge in [-0.05, 0) is 38.1 Å². The lowest BCUT2D eigenvalue weighted by molar-refractivity contribution is 0.627. The second-order valence-electron chi connectivity index (χ2n) is 3.49. The summed E-state index contributed by atoms with van der Waals surface area (Å²) in [4.78, 5) is 0. The molecule has 0 heterocycles. The third kappa shape index (κ3) is 4.11. The Morgan fingerprint density at radius 1 is 1.06 bits per heavy atom. The molecular weight excluding hydrogens is 266 g/mol. The van der Waals surface area contributed by atoms with Crippen molar-refractivity contribution in [3.05, 3.63) is 32.8 Å². The zero-order valence-electron chi connectivity index (χ0n) is 8.90. The van der Waals surface area contributed by atoms with Crippen LogP contribution in [-0.2, 0) is 6.54 Å². The molecule has 0 amide bonds. The molecule has 2 nitrogen and oxygen atoms in total. The van der Waals surface area contributed by atoms with Crippen molar-refractivity contribution in [3.8, 4) is 0 Å². The number of nitrogens with one attached hydrogen (secondary N) is 1. The van der Waals surface area contributed by atoms with E-state index in [1.165, 1.54) is 0 Å². The van der Waals surface area contributed by atoms with Gasteiger partial charge >= 0.3 is 0 Å². The first-order valence-corrected chi connectivity index (χ1v) is 6.33. The van der Waals surface area contributed by atoms with E-state index in [4.69, 9.17) is 40.5 Å². The minimum Gasteiger partial charge on any atom is -0.330 e. The summed E-state index contributed by atoms with van der Waals surface area (Å²) in [6, 6.07) is 3.46. The van der Waals surface area contributed by atoms with Crippen molar-refractivity contribution in [1.82, 2.24) is 5.32 Å². The average Bonchev–Trinajstić information content (AvgIpc) is 2.28. The van der Waals surface area contributed by atoms with Gasteiger partial charge < -0.3 is 11.1 Å². The Morgan fingerprint density at radius 2 is 1.75 bits per heavy atom. The minimum atomic E-state index is 0.528. The monoisotopic (exact) mass is 280 g/mol. The maximum absolute atomic E-state index is 6.06. The number of hydrogen-bond acceptors (Lipinski definition) is 2. The molecule has 1 rings (SSSR count). The Bertz CT molecular complexity index is 342. The third-order valence-corrected chi connectivity index (χ3v) is 3.45. The van der Waals surface area contributed by atoms with E-state index in [9.17, 15) is 0 Å². The van der Waals surface area contributed by atoms with Gasteiger partial charge in [0.2, 0.25) is 0 Å². The smallest absolute Gasteiger partial charge is 0.0652 e. The van der Waals surface area contributed by atoms with Crippen LogP contribution in [0.1, 0.15) is 18.4 Å². The molecule has 3 N–H and O–H groups in total. The molecule has 5 heteroatoms. The van der Waals surface area contributed by atoms with Gasteiger partial charge in [0.1, 0.15) is 0 Å². The Kier molecular flexibility index (Phi) is 6.47. The molecule has 0 bridgehead atoms. The van der Waals surface area contributed by atoms with Gasteiger partial charge in [-0.3, -0.25) is 0 Å². The highest BCUT2D eigenvalue weighted by molar-refractivity contribution is 6.44. The average molecular weight is 282 g/mol. The molecule has 0 spiro atoms. The van der Waals surface area contributed by atoms with Gasteiger partial charge in [-0.25, -0.2) is 0 Å². The van der Waals surface area contributed by atoms with E-state index in [0.717, 1.165) is 31.5 Å². The van der Waals surface area contributed by atoms with Crippen LogP contribution in [0.4, 0.5) is 0 Å². The van der Waals surface area contributed by atoms with Crippen LogP contribution in [0.25, 0.3) is 0 Å². The molecule has 16 heavy (non-hydrogen) atoms. The summed E-state index contributed by atoms with van der Waals surface area (Å²) in [6.45, 7) is 2.25. The summed E-state index contributed by atoms with van der Waals surface area (Å²) in [5.74, 6) is 0. The van der Waals surface area contributed by atoms with E-state index in [2.05, 4.69) is 5.32 Å². The normalized spacial score (nSPS) is 10.8. The molecule has 0 atom stereocenters. The van der Waals surface area contributed by atoms with Crippen molar-refractivity contribution in [1.29, 1.82) is 0 Å². The molecule has 0 unspecified atom stereocenters. The first-order chi connectivity index (χ1) is 7.66. The second kappa shape index (κ2) is 7.36. The van der Waals surface area contributed by atoms with Crippen LogP contribution < -0.4 is 11.1 Å². The second-order valence-corrected chi connectivity index (χ2v) is 4.69. The SMILES string of the molecule is NCCCCNCc1c(Cl)ccc(Cl)c1Cl. The number of halogens is 3. The van der Waals surface area contributed by atoms with Crippen LogP contribution in [0.5, 0.6) is 0 Å². The maximum Gasteiger partial charge on any atom is 0.0652 e. The predicted molar refractivity (Wildman–Crippen MR) is 71.5 cm³/mol. The predicted octanol–water partition coefficient (Wildman–Crippen LogP) is 3.48. The fourth-order valence-electron chi connectivity index (χ4n) is 1.34. The van der Waals surface area contributed by atoms with E-state index in [1.54, 1.807) is 12.1 Å². The summed E-state index contributed by atoms with van der Waals surface area (Å²) < 4.78 is 0. The van der Waals surface area contributed by atoms with Crippen molar-refractivity contribution < 1.29 is 0 Å². The maximum atomic E-state index is 6.06. The molecule has 0 aromatic heterocycles. The van der Waals surface area contributed by atoms with Crippen molar-refractivity contribution >= 4 is 34.8 Å². The first-order valence-electron chi connectivity index (χ1n) is 5.20. The molecule has 0 aliphatic rings. The molecule has 1 aromatic carbocycles. The Balaban J connectivity index is 2.50. The molecule has 0 radical (unpaired) electrons. The van der Waals surface area contributed by atoms with Crippen LogP contribution in [0, 0.1) is 0 Å². The number of benzene rings is 1. The zero-order valence-corrected chi connectivity index (χ0v) is 11.2. The van der Waals surface area contributed by atoms with Crippen molar-refractivity contribution in [3.63, 3.8) is 0 Å². The van der Waals surface area contributed by atoms with E-state index < -0.39 is 0 Å². The molecule has 1 aromatic rings. The Morgan fingerprint density at radius 3 is 2.44 bits per heavy atom. The fourth-order valence-corrected chi connectivity index (χ4v) is 2.02. The van der Waals surface area contributed by atoms with Gasteiger partial charge in [-0.1, -0.05) is 34.8 Å². The fraction of sp³-hybridized carbons (Fsp3) is 0.455. The lowest BCUT2D eigenvalue weighted by Gasteiger charge is -2.09. The molecule has 0 fully saturated rings. The van der Waals surface area contributed by atoms with Crippen LogP contribution in [-0.4, -0.2) is 13.1 Å². The zero-order chi connectivity index (χ0) is 12.0. The van der Waals surface area contributed by atoms with Crippen LogP contribution in [0.3, 0.4) is 0 Å². The van der Waals surface area contributed by atoms with Crippen molar-refractivity contribution in [2.45, 2.75) is 19.4 Å². The number of nitrogens with two attached hydrogens (primary N) is 1. The topological polar surface area (TPSA) is 38.0 Å². The first kappa shape index (κ1) is 14.1. The van der Waals surface area contributed by atoms with Crippen molar-refractivity contribution in [2.75, 3.05) is 13.1 Å². The number of rotatable bonds is 6. The summed E-state index contributed by atoms with van der Waals surface area (Å²) in [5.41, 5.74) is 6.25. The highest BCUT2D eigenvalue weighted by Crippen LogP contribution is 2.31. The molecule has 0 saturated carbocycles. The molecular formula is C11H15Cl3N2. The molecule has 0 aliphatic heterocycles. The summed E-state index contributed by atoms with van der Waals surface area (Å²) in [7, 11) is 0. The van der Waals surface area contributed by atoms with Gasteiger partial charge in [-0.15, -0.1) is 0 Å². The van der Waals surface area contributed by atoms with Crippen LogP contribution in [0.15, 0.2) is 12.1 Å². The lowest BCUT2D eigenvalue weighted by Crippen LogP contribution is -2.16. The van der Waals surface area contributed by atoms with Gasteiger partial charge in [-0.2, -0.15) is 0 Å². The molecule has 0 saturated heterocycles. The number of unbranched alkanes of at least 4 members (excludes halogenated alkanes) is 1. The quantitative estimate of drug-likeness (QED) is 0.619. The van der Waals surface area contributed by atoms with Gasteiger partial charge in [0, 0.05) is 17.1 Å². The summed E-state index contributed by atoms with van der Waals surface area (Å²) in [5, 5.41) is 4.96. The number of hydrogen-bond donors (Lipinski definition) is 2. The van der Waals surface area contributed by atoms with E-state index in [-0.39, 0.29) is 0 Å². The molecule has 90 valence electrons. The van der Waals surface area contributed by atoms with E-state index in [0.29, 0.717) is 21.6 Å². The lowest BCUT2D eigenvalue weighted by atomic mass is 10.2.